The van der Waals surface area contributed by atoms with Gasteiger partial charge in [-0.15, -0.1) is 0 Å². The molecule has 2 unspecified atom stereocenters. The Morgan fingerprint density at radius 2 is 1.69 bits per heavy atom. The zero-order valence-corrected chi connectivity index (χ0v) is 18.4. The summed E-state index contributed by atoms with van der Waals surface area (Å²) in [5, 5.41) is 0.576. The second-order valence-electron chi connectivity index (χ2n) is 8.56. The number of nitrogens with zero attached hydrogens (tertiary/aromatic N) is 2. The second kappa shape index (κ2) is 7.89. The number of rotatable bonds is 4. The van der Waals surface area contributed by atoms with Gasteiger partial charge in [-0.3, -0.25) is 9.80 Å². The van der Waals surface area contributed by atoms with Crippen molar-refractivity contribution in [3.8, 4) is 0 Å². The van der Waals surface area contributed by atoms with Crippen molar-refractivity contribution in [3.63, 3.8) is 0 Å². The Labute approximate surface area is 191 Å². The minimum atomic E-state index is -2.57. The highest BCUT2D eigenvalue weighted by molar-refractivity contribution is 6.30. The highest BCUT2D eigenvalue weighted by Gasteiger charge is 2.61. The van der Waals surface area contributed by atoms with Crippen molar-refractivity contribution in [1.29, 1.82) is 0 Å². The van der Waals surface area contributed by atoms with E-state index in [2.05, 4.69) is 0 Å². The van der Waals surface area contributed by atoms with Gasteiger partial charge in [0.1, 0.15) is 0 Å². The molecule has 32 heavy (non-hydrogen) atoms. The van der Waals surface area contributed by atoms with E-state index in [-0.39, 0.29) is 17.6 Å². The summed E-state index contributed by atoms with van der Waals surface area (Å²) in [4.78, 5) is 17.6. The van der Waals surface area contributed by atoms with E-state index in [0.29, 0.717) is 17.1 Å². The number of aryl methyl sites for hydroxylation is 1. The lowest BCUT2D eigenvalue weighted by molar-refractivity contribution is 0.151. The Bertz CT molecular complexity index is 1150. The average molecular weight is 453 g/mol. The highest BCUT2D eigenvalue weighted by atomic mass is 35.5. The molecule has 1 aliphatic carbocycles. The molecule has 1 aliphatic heterocycles. The molecule has 6 heteroatoms. The number of amides is 2. The summed E-state index contributed by atoms with van der Waals surface area (Å²) in [5.74, 6) is 0. The zero-order chi connectivity index (χ0) is 22.5. The zero-order valence-electron chi connectivity index (χ0n) is 17.6. The number of hydrogen-bond acceptors (Lipinski definition) is 1. The van der Waals surface area contributed by atoms with Crippen LogP contribution < -0.4 is 9.80 Å². The first-order valence-corrected chi connectivity index (χ1v) is 11.1. The first-order valence-electron chi connectivity index (χ1n) is 10.8. The molecule has 1 heterocycles. The van der Waals surface area contributed by atoms with E-state index >= 15 is 0 Å². The summed E-state index contributed by atoms with van der Waals surface area (Å²) in [6.07, 6.45) is -0.187. The standard InChI is InChI=1S/C26H23ClF2N2O/c1-17-7-11-21(12-8-17)30-23-6-3-15-26(23,19-5-2-4-18(16-19)24(28)29)31(25(30)32)22-13-9-20(27)10-14-22/h2,4-5,7-14,16,23-24H,3,6,15H2,1H3. The molecular formula is C26H23ClF2N2O. The largest absolute Gasteiger partial charge is 0.330 e. The Hall–Kier alpha value is -2.92. The molecule has 2 atom stereocenters. The molecule has 3 nitrogen and oxygen atoms in total. The molecule has 0 aromatic heterocycles. The summed E-state index contributed by atoms with van der Waals surface area (Å²) < 4.78 is 27.2. The molecule has 3 aromatic rings. The first kappa shape index (κ1) is 21.0. The van der Waals surface area contributed by atoms with Crippen molar-refractivity contribution in [2.45, 2.75) is 44.2 Å². The smallest absolute Gasteiger partial charge is 0.288 e. The summed E-state index contributed by atoms with van der Waals surface area (Å²) in [6, 6.07) is 21.3. The van der Waals surface area contributed by atoms with E-state index in [4.69, 9.17) is 11.6 Å². The molecule has 1 saturated heterocycles. The SMILES string of the molecule is Cc1ccc(N2C(=O)N(c3ccc(Cl)cc3)C3(c4cccc(C(F)F)c4)CCCC23)cc1. The summed E-state index contributed by atoms with van der Waals surface area (Å²) in [7, 11) is 0. The molecule has 0 spiro atoms. The molecule has 2 fully saturated rings. The van der Waals surface area contributed by atoms with Gasteiger partial charge in [0.2, 0.25) is 0 Å². The lowest BCUT2D eigenvalue weighted by atomic mass is 9.83. The number of alkyl halides is 2. The predicted octanol–water partition coefficient (Wildman–Crippen LogP) is 7.48. The third-order valence-corrected chi connectivity index (χ3v) is 6.98. The molecule has 1 saturated carbocycles. The normalized spacial score (nSPS) is 22.7. The van der Waals surface area contributed by atoms with Crippen LogP contribution in [0.4, 0.5) is 25.0 Å². The van der Waals surface area contributed by atoms with Gasteiger partial charge in [0.15, 0.2) is 0 Å². The molecule has 0 radical (unpaired) electrons. The number of halogens is 3. The van der Waals surface area contributed by atoms with Crippen LogP contribution in [0, 0.1) is 6.92 Å². The lowest BCUT2D eigenvalue weighted by Crippen LogP contribution is -2.46. The van der Waals surface area contributed by atoms with E-state index in [1.165, 1.54) is 6.07 Å². The molecule has 164 valence electrons. The number of urea groups is 1. The number of fused-ring (bicyclic) bond motifs is 1. The Morgan fingerprint density at radius 3 is 2.38 bits per heavy atom. The number of anilines is 2. The maximum absolute atomic E-state index is 14.0. The van der Waals surface area contributed by atoms with Gasteiger partial charge < -0.3 is 0 Å². The third-order valence-electron chi connectivity index (χ3n) is 6.73. The second-order valence-corrected chi connectivity index (χ2v) is 8.99. The molecule has 3 aromatic carbocycles. The van der Waals surface area contributed by atoms with Crippen LogP contribution in [0.25, 0.3) is 0 Å². The van der Waals surface area contributed by atoms with Gasteiger partial charge in [0.05, 0.1) is 11.6 Å². The van der Waals surface area contributed by atoms with Gasteiger partial charge in [-0.1, -0.05) is 47.5 Å². The van der Waals surface area contributed by atoms with Gasteiger partial charge in [-0.25, -0.2) is 13.6 Å². The van der Waals surface area contributed by atoms with Crippen molar-refractivity contribution >= 4 is 29.0 Å². The number of carbonyl (C=O) groups is 1. The van der Waals surface area contributed by atoms with Crippen LogP contribution in [-0.4, -0.2) is 12.1 Å². The minimum Gasteiger partial charge on any atom is -0.288 e. The fourth-order valence-corrected chi connectivity index (χ4v) is 5.45. The van der Waals surface area contributed by atoms with Crippen molar-refractivity contribution in [2.24, 2.45) is 0 Å². The molecule has 5 rings (SSSR count). The Morgan fingerprint density at radius 1 is 1.00 bits per heavy atom. The maximum Gasteiger partial charge on any atom is 0.330 e. The van der Waals surface area contributed by atoms with Crippen molar-refractivity contribution in [2.75, 3.05) is 9.80 Å². The summed E-state index contributed by atoms with van der Waals surface area (Å²) in [6.45, 7) is 2.01. The predicted molar refractivity (Wildman–Crippen MR) is 124 cm³/mol. The van der Waals surface area contributed by atoms with E-state index in [0.717, 1.165) is 29.7 Å². The van der Waals surface area contributed by atoms with Crippen LogP contribution in [0.3, 0.4) is 0 Å². The average Bonchev–Trinajstić information content (AvgIpc) is 3.31. The minimum absolute atomic E-state index is 0.0279. The van der Waals surface area contributed by atoms with Gasteiger partial charge in [0, 0.05) is 22.0 Å². The summed E-state index contributed by atoms with van der Waals surface area (Å²) >= 11 is 6.12. The van der Waals surface area contributed by atoms with Gasteiger partial charge >= 0.3 is 6.03 Å². The van der Waals surface area contributed by atoms with Gasteiger partial charge in [-0.05, 0) is 74.2 Å². The maximum atomic E-state index is 14.0. The fourth-order valence-electron chi connectivity index (χ4n) is 5.32. The molecule has 2 amide bonds. The van der Waals surface area contributed by atoms with Crippen molar-refractivity contribution in [1.82, 2.24) is 0 Å². The van der Waals surface area contributed by atoms with E-state index in [1.807, 2.05) is 54.3 Å². The van der Waals surface area contributed by atoms with Crippen LogP contribution in [0.2, 0.25) is 5.02 Å². The molecule has 2 aliphatic rings. The van der Waals surface area contributed by atoms with Gasteiger partial charge in [-0.2, -0.15) is 0 Å². The van der Waals surface area contributed by atoms with E-state index in [1.54, 1.807) is 29.2 Å². The lowest BCUT2D eigenvalue weighted by Gasteiger charge is -2.38. The first-order chi connectivity index (χ1) is 15.4. The monoisotopic (exact) mass is 452 g/mol. The van der Waals surface area contributed by atoms with Crippen LogP contribution >= 0.6 is 11.6 Å². The summed E-state index contributed by atoms with van der Waals surface area (Å²) in [5.41, 5.74) is 2.62. The molecule has 0 N–H and O–H groups in total. The number of hydrogen-bond donors (Lipinski definition) is 0. The van der Waals surface area contributed by atoms with E-state index < -0.39 is 12.0 Å². The molecular weight excluding hydrogens is 430 g/mol. The molecule has 0 bridgehead atoms. The van der Waals surface area contributed by atoms with Crippen LogP contribution in [0.1, 0.15) is 42.4 Å². The van der Waals surface area contributed by atoms with Crippen LogP contribution in [-0.2, 0) is 5.54 Å². The third kappa shape index (κ3) is 3.18. The topological polar surface area (TPSA) is 23.6 Å². The quantitative estimate of drug-likeness (QED) is 0.402. The Kier molecular flexibility index (Phi) is 5.17. The highest BCUT2D eigenvalue weighted by Crippen LogP contribution is 2.54. The van der Waals surface area contributed by atoms with Crippen molar-refractivity contribution < 1.29 is 13.6 Å². The fraction of sp³-hybridized carbons (Fsp3) is 0.269. The van der Waals surface area contributed by atoms with E-state index in [9.17, 15) is 13.6 Å². The van der Waals surface area contributed by atoms with Crippen LogP contribution in [0.15, 0.2) is 72.8 Å². The van der Waals surface area contributed by atoms with Crippen molar-refractivity contribution in [3.05, 3.63) is 94.5 Å². The number of benzene rings is 3. The number of carbonyl (C=O) groups excluding carboxylic acids is 1. The Balaban J connectivity index is 1.72. The van der Waals surface area contributed by atoms with Crippen LogP contribution in [0.5, 0.6) is 0 Å². The van der Waals surface area contributed by atoms with Gasteiger partial charge in [0.25, 0.3) is 6.43 Å².